The lowest BCUT2D eigenvalue weighted by Crippen LogP contribution is -2.13. The molecule has 0 saturated carbocycles. The number of rotatable bonds is 5. The van der Waals surface area contributed by atoms with Gasteiger partial charge >= 0.3 is 0 Å². The highest BCUT2D eigenvalue weighted by Crippen LogP contribution is 2.34. The number of fused-ring (bicyclic) bond motifs is 1. The van der Waals surface area contributed by atoms with Crippen molar-refractivity contribution in [2.45, 2.75) is 0 Å². The van der Waals surface area contributed by atoms with E-state index in [1.54, 1.807) is 43.5 Å². The van der Waals surface area contributed by atoms with Crippen molar-refractivity contribution in [3.63, 3.8) is 0 Å². The fraction of sp³-hybridized carbons (Fsp3) is 0.158. The van der Waals surface area contributed by atoms with E-state index in [0.717, 1.165) is 0 Å². The highest BCUT2D eigenvalue weighted by Gasteiger charge is 2.16. The summed E-state index contributed by atoms with van der Waals surface area (Å²) in [4.78, 5) is 12.4. The Balaban J connectivity index is 1.83. The van der Waals surface area contributed by atoms with Gasteiger partial charge < -0.3 is 24.3 Å². The van der Waals surface area contributed by atoms with Crippen LogP contribution in [-0.2, 0) is 4.79 Å². The lowest BCUT2D eigenvalue weighted by Gasteiger charge is -2.09. The standard InChI is InChI=1S/C19H16N2O5/c1-23-15-5-3-12(17(9-15)24-2)7-13(10-20)19(22)21-14-4-6-16-18(8-14)26-11-25-16/h3-9H,11H2,1-2H3,(H,21,22)/b13-7+. The first-order valence-corrected chi connectivity index (χ1v) is 7.69. The Labute approximate surface area is 150 Å². The van der Waals surface area contributed by atoms with Crippen LogP contribution in [0.1, 0.15) is 5.56 Å². The van der Waals surface area contributed by atoms with Crippen LogP contribution in [0.5, 0.6) is 23.0 Å². The Bertz CT molecular complexity index is 915. The topological polar surface area (TPSA) is 89.8 Å². The lowest BCUT2D eigenvalue weighted by molar-refractivity contribution is -0.112. The molecule has 7 heteroatoms. The van der Waals surface area contributed by atoms with Gasteiger partial charge in [0.15, 0.2) is 11.5 Å². The van der Waals surface area contributed by atoms with Crippen molar-refractivity contribution in [3.05, 3.63) is 47.5 Å². The smallest absolute Gasteiger partial charge is 0.266 e. The van der Waals surface area contributed by atoms with Crippen LogP contribution in [0.3, 0.4) is 0 Å². The summed E-state index contributed by atoms with van der Waals surface area (Å²) < 4.78 is 20.9. The maximum absolute atomic E-state index is 12.4. The molecular formula is C19H16N2O5. The van der Waals surface area contributed by atoms with E-state index < -0.39 is 5.91 Å². The zero-order valence-corrected chi connectivity index (χ0v) is 14.2. The van der Waals surface area contributed by atoms with Gasteiger partial charge in [-0.2, -0.15) is 5.26 Å². The van der Waals surface area contributed by atoms with Gasteiger partial charge in [0.1, 0.15) is 23.1 Å². The van der Waals surface area contributed by atoms with E-state index >= 15 is 0 Å². The van der Waals surface area contributed by atoms with Gasteiger partial charge in [-0.15, -0.1) is 0 Å². The predicted octanol–water partition coefficient (Wildman–Crippen LogP) is 2.98. The summed E-state index contributed by atoms with van der Waals surface area (Å²) in [6.07, 6.45) is 1.46. The number of carbonyl (C=O) groups is 1. The number of nitrogens with one attached hydrogen (secondary N) is 1. The maximum atomic E-state index is 12.4. The molecule has 1 aliphatic heterocycles. The molecule has 0 bridgehead atoms. The van der Waals surface area contributed by atoms with Crippen molar-refractivity contribution >= 4 is 17.7 Å². The third-order valence-electron chi connectivity index (χ3n) is 3.74. The number of amides is 1. The van der Waals surface area contributed by atoms with E-state index in [1.807, 2.05) is 6.07 Å². The van der Waals surface area contributed by atoms with Crippen molar-refractivity contribution in [1.29, 1.82) is 5.26 Å². The molecule has 0 atom stereocenters. The molecule has 132 valence electrons. The summed E-state index contributed by atoms with van der Waals surface area (Å²) in [6.45, 7) is 0.146. The quantitative estimate of drug-likeness (QED) is 0.657. The maximum Gasteiger partial charge on any atom is 0.266 e. The highest BCUT2D eigenvalue weighted by molar-refractivity contribution is 6.10. The predicted molar refractivity (Wildman–Crippen MR) is 94.3 cm³/mol. The second-order valence-corrected chi connectivity index (χ2v) is 5.30. The molecule has 1 amide bonds. The number of benzene rings is 2. The zero-order chi connectivity index (χ0) is 18.5. The monoisotopic (exact) mass is 352 g/mol. The first-order valence-electron chi connectivity index (χ1n) is 7.69. The molecule has 0 radical (unpaired) electrons. The molecule has 0 fully saturated rings. The summed E-state index contributed by atoms with van der Waals surface area (Å²) in [6, 6.07) is 12.0. The second kappa shape index (κ2) is 7.49. The fourth-order valence-electron chi connectivity index (χ4n) is 2.41. The molecule has 3 rings (SSSR count). The number of hydrogen-bond acceptors (Lipinski definition) is 6. The van der Waals surface area contributed by atoms with Gasteiger partial charge in [0.05, 0.1) is 14.2 Å². The van der Waals surface area contributed by atoms with Crippen molar-refractivity contribution in [1.82, 2.24) is 0 Å². The van der Waals surface area contributed by atoms with Crippen molar-refractivity contribution in [2.24, 2.45) is 0 Å². The minimum Gasteiger partial charge on any atom is -0.497 e. The number of ether oxygens (including phenoxy) is 4. The summed E-state index contributed by atoms with van der Waals surface area (Å²) >= 11 is 0. The molecule has 0 saturated heterocycles. The molecule has 0 unspecified atom stereocenters. The summed E-state index contributed by atoms with van der Waals surface area (Å²) in [5.74, 6) is 1.73. The summed E-state index contributed by atoms with van der Waals surface area (Å²) in [5, 5.41) is 12.0. The van der Waals surface area contributed by atoms with Gasteiger partial charge in [0.25, 0.3) is 5.91 Å². The molecule has 0 aromatic heterocycles. The van der Waals surface area contributed by atoms with Crippen LogP contribution in [0, 0.1) is 11.3 Å². The summed E-state index contributed by atoms with van der Waals surface area (Å²) in [7, 11) is 3.05. The van der Waals surface area contributed by atoms with Crippen LogP contribution in [-0.4, -0.2) is 26.9 Å². The van der Waals surface area contributed by atoms with Crippen molar-refractivity contribution in [2.75, 3.05) is 26.3 Å². The third kappa shape index (κ3) is 3.54. The average molecular weight is 352 g/mol. The van der Waals surface area contributed by atoms with Crippen molar-refractivity contribution in [3.8, 4) is 29.1 Å². The Morgan fingerprint density at radius 1 is 1.15 bits per heavy atom. The van der Waals surface area contributed by atoms with Crippen LogP contribution >= 0.6 is 0 Å². The van der Waals surface area contributed by atoms with E-state index in [9.17, 15) is 10.1 Å². The van der Waals surface area contributed by atoms with E-state index in [4.69, 9.17) is 18.9 Å². The minimum atomic E-state index is -0.538. The number of hydrogen-bond donors (Lipinski definition) is 1. The van der Waals surface area contributed by atoms with E-state index in [2.05, 4.69) is 5.32 Å². The molecule has 2 aromatic carbocycles. The number of anilines is 1. The highest BCUT2D eigenvalue weighted by atomic mass is 16.7. The average Bonchev–Trinajstić information content (AvgIpc) is 3.13. The number of nitrogens with zero attached hydrogens (tertiary/aromatic N) is 1. The summed E-state index contributed by atoms with van der Waals surface area (Å²) in [5.41, 5.74) is 1.03. The SMILES string of the molecule is COc1ccc(/C=C(\C#N)C(=O)Nc2ccc3c(c2)OCO3)c(OC)c1. The fourth-order valence-corrected chi connectivity index (χ4v) is 2.41. The normalized spacial score (nSPS) is 12.3. The molecule has 1 heterocycles. The van der Waals surface area contributed by atoms with Gasteiger partial charge in [-0.25, -0.2) is 0 Å². The molecule has 1 aliphatic rings. The molecule has 2 aromatic rings. The second-order valence-electron chi connectivity index (χ2n) is 5.30. The van der Waals surface area contributed by atoms with E-state index in [-0.39, 0.29) is 12.4 Å². The molecule has 0 aliphatic carbocycles. The van der Waals surface area contributed by atoms with Crippen LogP contribution in [0.15, 0.2) is 42.0 Å². The van der Waals surface area contributed by atoms with Gasteiger partial charge in [-0.1, -0.05) is 0 Å². The van der Waals surface area contributed by atoms with E-state index in [1.165, 1.54) is 13.2 Å². The van der Waals surface area contributed by atoms with Crippen LogP contribution in [0.2, 0.25) is 0 Å². The first kappa shape index (κ1) is 17.2. The Kier molecular flexibility index (Phi) is 4.94. The number of nitriles is 1. The molecule has 1 N–H and O–H groups in total. The largest absolute Gasteiger partial charge is 0.497 e. The van der Waals surface area contributed by atoms with Gasteiger partial charge in [0, 0.05) is 23.4 Å². The Morgan fingerprint density at radius 2 is 1.96 bits per heavy atom. The third-order valence-corrected chi connectivity index (χ3v) is 3.74. The van der Waals surface area contributed by atoms with Gasteiger partial charge in [0.2, 0.25) is 6.79 Å². The minimum absolute atomic E-state index is 0.0638. The van der Waals surface area contributed by atoms with Crippen LogP contribution < -0.4 is 24.3 Å². The van der Waals surface area contributed by atoms with Crippen LogP contribution in [0.4, 0.5) is 5.69 Å². The molecular weight excluding hydrogens is 336 g/mol. The molecule has 26 heavy (non-hydrogen) atoms. The number of carbonyl (C=O) groups excluding carboxylic acids is 1. The van der Waals surface area contributed by atoms with Crippen LogP contribution in [0.25, 0.3) is 6.08 Å². The van der Waals surface area contributed by atoms with Gasteiger partial charge in [-0.3, -0.25) is 4.79 Å². The molecule has 7 nitrogen and oxygen atoms in total. The number of methoxy groups -OCH3 is 2. The molecule has 0 spiro atoms. The van der Waals surface area contributed by atoms with E-state index in [0.29, 0.717) is 34.2 Å². The van der Waals surface area contributed by atoms with Crippen molar-refractivity contribution < 1.29 is 23.7 Å². The Morgan fingerprint density at radius 3 is 2.69 bits per heavy atom. The van der Waals surface area contributed by atoms with Gasteiger partial charge in [-0.05, 0) is 30.3 Å². The lowest BCUT2D eigenvalue weighted by atomic mass is 10.1. The Hall–Kier alpha value is -3.66. The first-order chi connectivity index (χ1) is 12.6. The zero-order valence-electron chi connectivity index (χ0n) is 14.2.